The maximum atomic E-state index is 13.2. The minimum absolute atomic E-state index is 0.0564. The number of fused-ring (bicyclic) bond motifs is 1. The van der Waals surface area contributed by atoms with Gasteiger partial charge in [-0.1, -0.05) is 29.8 Å². The number of hydrogen-bond donors (Lipinski definition) is 1. The highest BCUT2D eigenvalue weighted by Gasteiger charge is 2.17. The molecule has 0 bridgehead atoms. The average molecular weight is 384 g/mol. The minimum atomic E-state index is -0.489. The summed E-state index contributed by atoms with van der Waals surface area (Å²) in [4.78, 5) is 34.6. The quantitative estimate of drug-likeness (QED) is 0.582. The highest BCUT2D eigenvalue weighted by molar-refractivity contribution is 6.05. The summed E-state index contributed by atoms with van der Waals surface area (Å²) in [6, 6.07) is 16.7. The number of carbonyl (C=O) groups excluding carboxylic acids is 1. The van der Waals surface area contributed by atoms with Crippen LogP contribution in [0.1, 0.15) is 27.0 Å². The van der Waals surface area contributed by atoms with Crippen molar-refractivity contribution < 1.29 is 4.79 Å². The first-order valence-corrected chi connectivity index (χ1v) is 9.29. The van der Waals surface area contributed by atoms with Gasteiger partial charge in [0, 0.05) is 17.8 Å². The third kappa shape index (κ3) is 3.91. The molecule has 0 unspecified atom stereocenters. The van der Waals surface area contributed by atoms with E-state index in [9.17, 15) is 9.59 Å². The Hall–Kier alpha value is -3.80. The molecule has 0 saturated carbocycles. The number of aromatic nitrogens is 3. The highest BCUT2D eigenvalue weighted by Crippen LogP contribution is 2.15. The van der Waals surface area contributed by atoms with Crippen molar-refractivity contribution in [2.45, 2.75) is 20.4 Å². The topological polar surface area (TPSA) is 76.9 Å². The Morgan fingerprint density at radius 1 is 0.966 bits per heavy atom. The van der Waals surface area contributed by atoms with E-state index in [0.29, 0.717) is 18.0 Å². The zero-order valence-corrected chi connectivity index (χ0v) is 16.2. The molecule has 1 N–H and O–H groups in total. The molecule has 0 saturated heterocycles. The second-order valence-electron chi connectivity index (χ2n) is 7.02. The fourth-order valence-corrected chi connectivity index (χ4v) is 3.18. The van der Waals surface area contributed by atoms with Gasteiger partial charge in [-0.25, -0.2) is 9.97 Å². The van der Waals surface area contributed by atoms with Gasteiger partial charge in [0.05, 0.1) is 6.54 Å². The Morgan fingerprint density at radius 3 is 2.52 bits per heavy atom. The Bertz CT molecular complexity index is 1260. The number of benzene rings is 1. The van der Waals surface area contributed by atoms with Crippen LogP contribution in [-0.4, -0.2) is 20.4 Å². The molecule has 0 radical (unpaired) electrons. The number of anilines is 1. The van der Waals surface area contributed by atoms with Gasteiger partial charge in [-0.2, -0.15) is 0 Å². The number of hydrogen-bond acceptors (Lipinski definition) is 4. The van der Waals surface area contributed by atoms with Crippen molar-refractivity contribution in [2.24, 2.45) is 0 Å². The Balaban J connectivity index is 1.78. The number of carbonyl (C=O) groups is 1. The largest absolute Gasteiger partial charge is 0.306 e. The Labute approximate surface area is 167 Å². The molecule has 4 aromatic rings. The van der Waals surface area contributed by atoms with Gasteiger partial charge in [-0.15, -0.1) is 0 Å². The molecule has 29 heavy (non-hydrogen) atoms. The molecular formula is C23H20N4O2. The van der Waals surface area contributed by atoms with E-state index in [2.05, 4.69) is 15.3 Å². The molecule has 144 valence electrons. The van der Waals surface area contributed by atoms with Crippen LogP contribution in [0.4, 0.5) is 5.82 Å². The maximum Gasteiger partial charge on any atom is 0.265 e. The molecule has 1 aromatic carbocycles. The van der Waals surface area contributed by atoms with Crippen LogP contribution in [0.5, 0.6) is 0 Å². The van der Waals surface area contributed by atoms with Crippen molar-refractivity contribution in [3.63, 3.8) is 0 Å². The summed E-state index contributed by atoms with van der Waals surface area (Å²) >= 11 is 0. The molecule has 0 aliphatic heterocycles. The lowest BCUT2D eigenvalue weighted by Crippen LogP contribution is -2.30. The fourth-order valence-electron chi connectivity index (χ4n) is 3.18. The average Bonchev–Trinajstić information content (AvgIpc) is 2.71. The normalized spacial score (nSPS) is 10.8. The van der Waals surface area contributed by atoms with Gasteiger partial charge in [-0.05, 0) is 55.3 Å². The van der Waals surface area contributed by atoms with Crippen LogP contribution in [0.3, 0.4) is 0 Å². The molecule has 0 atom stereocenters. The van der Waals surface area contributed by atoms with Gasteiger partial charge < -0.3 is 5.32 Å². The van der Waals surface area contributed by atoms with Crippen LogP contribution < -0.4 is 10.9 Å². The lowest BCUT2D eigenvalue weighted by atomic mass is 10.1. The van der Waals surface area contributed by atoms with Crippen molar-refractivity contribution in [1.29, 1.82) is 0 Å². The predicted octanol–water partition coefficient (Wildman–Crippen LogP) is 3.71. The van der Waals surface area contributed by atoms with Crippen molar-refractivity contribution in [1.82, 2.24) is 14.5 Å². The van der Waals surface area contributed by atoms with E-state index >= 15 is 0 Å². The second-order valence-corrected chi connectivity index (χ2v) is 7.02. The summed E-state index contributed by atoms with van der Waals surface area (Å²) < 4.78 is 1.54. The van der Waals surface area contributed by atoms with E-state index < -0.39 is 5.91 Å². The maximum absolute atomic E-state index is 13.2. The van der Waals surface area contributed by atoms with Crippen LogP contribution in [0.2, 0.25) is 0 Å². The first-order chi connectivity index (χ1) is 14.0. The van der Waals surface area contributed by atoms with Crippen LogP contribution >= 0.6 is 0 Å². The molecule has 0 aliphatic rings. The summed E-state index contributed by atoms with van der Waals surface area (Å²) in [5.74, 6) is -0.0812. The summed E-state index contributed by atoms with van der Waals surface area (Å²) in [6.07, 6.45) is 3.26. The van der Waals surface area contributed by atoms with E-state index in [0.717, 1.165) is 22.1 Å². The third-order valence-electron chi connectivity index (χ3n) is 4.71. The molecule has 6 nitrogen and oxygen atoms in total. The highest BCUT2D eigenvalue weighted by atomic mass is 16.2. The molecule has 0 fully saturated rings. The number of rotatable bonds is 4. The first-order valence-electron chi connectivity index (χ1n) is 9.29. The SMILES string of the molecule is Cc1ccc(Cn2c(=O)c(C(=O)Nc3cc(C)ccn3)cc3cccnc32)cc1. The van der Waals surface area contributed by atoms with E-state index in [4.69, 9.17) is 0 Å². The number of pyridine rings is 3. The standard InChI is InChI=1S/C23H20N4O2/c1-15-5-7-17(8-6-15)14-27-21-18(4-3-10-25-21)13-19(23(27)29)22(28)26-20-12-16(2)9-11-24-20/h3-13H,14H2,1-2H3,(H,24,26,28). The molecule has 3 heterocycles. The van der Waals surface area contributed by atoms with Gasteiger partial charge >= 0.3 is 0 Å². The predicted molar refractivity (Wildman–Crippen MR) is 113 cm³/mol. The van der Waals surface area contributed by atoms with Crippen molar-refractivity contribution in [2.75, 3.05) is 5.32 Å². The number of nitrogens with one attached hydrogen (secondary N) is 1. The van der Waals surface area contributed by atoms with Crippen molar-refractivity contribution >= 4 is 22.8 Å². The van der Waals surface area contributed by atoms with Crippen LogP contribution in [0.15, 0.2) is 71.8 Å². The van der Waals surface area contributed by atoms with E-state index in [1.165, 1.54) is 0 Å². The molecule has 6 heteroatoms. The number of aryl methyl sites for hydroxylation is 2. The molecular weight excluding hydrogens is 364 g/mol. The first kappa shape index (κ1) is 18.6. The van der Waals surface area contributed by atoms with Gasteiger partial charge in [0.15, 0.2) is 0 Å². The fraction of sp³-hybridized carbons (Fsp3) is 0.130. The summed E-state index contributed by atoms with van der Waals surface area (Å²) in [6.45, 7) is 4.25. The monoisotopic (exact) mass is 384 g/mol. The van der Waals surface area contributed by atoms with Crippen LogP contribution in [-0.2, 0) is 6.54 Å². The van der Waals surface area contributed by atoms with Crippen molar-refractivity contribution in [3.8, 4) is 0 Å². The lowest BCUT2D eigenvalue weighted by molar-refractivity contribution is 0.102. The molecule has 3 aromatic heterocycles. The Kier molecular flexibility index (Phi) is 4.91. The molecule has 0 aliphatic carbocycles. The van der Waals surface area contributed by atoms with E-state index in [-0.39, 0.29) is 11.1 Å². The van der Waals surface area contributed by atoms with E-state index in [1.807, 2.05) is 50.2 Å². The van der Waals surface area contributed by atoms with Gasteiger partial charge in [-0.3, -0.25) is 14.2 Å². The number of amides is 1. The number of nitrogens with zero attached hydrogens (tertiary/aromatic N) is 3. The van der Waals surface area contributed by atoms with Crippen LogP contribution in [0, 0.1) is 13.8 Å². The third-order valence-corrected chi connectivity index (χ3v) is 4.71. The molecule has 0 spiro atoms. The van der Waals surface area contributed by atoms with Crippen LogP contribution in [0.25, 0.3) is 11.0 Å². The lowest BCUT2D eigenvalue weighted by Gasteiger charge is -2.12. The summed E-state index contributed by atoms with van der Waals surface area (Å²) in [5.41, 5.74) is 3.28. The summed E-state index contributed by atoms with van der Waals surface area (Å²) in [5, 5.41) is 3.44. The molecule has 1 amide bonds. The van der Waals surface area contributed by atoms with Gasteiger partial charge in [0.1, 0.15) is 17.0 Å². The zero-order valence-electron chi connectivity index (χ0n) is 16.2. The van der Waals surface area contributed by atoms with Gasteiger partial charge in [0.25, 0.3) is 11.5 Å². The molecule has 4 rings (SSSR count). The van der Waals surface area contributed by atoms with Gasteiger partial charge in [0.2, 0.25) is 0 Å². The zero-order chi connectivity index (χ0) is 20.4. The summed E-state index contributed by atoms with van der Waals surface area (Å²) in [7, 11) is 0. The smallest absolute Gasteiger partial charge is 0.265 e. The van der Waals surface area contributed by atoms with Crippen molar-refractivity contribution in [3.05, 3.63) is 99.6 Å². The minimum Gasteiger partial charge on any atom is -0.306 e. The Morgan fingerprint density at radius 2 is 1.76 bits per heavy atom. The van der Waals surface area contributed by atoms with E-state index in [1.54, 1.807) is 35.2 Å². The second kappa shape index (κ2) is 7.67.